The molecule has 1 heterocycles. The second-order valence-corrected chi connectivity index (χ2v) is 6.53. The van der Waals surface area contributed by atoms with E-state index in [1.54, 1.807) is 0 Å². The Balaban J connectivity index is 2.10. The first-order valence-electron chi connectivity index (χ1n) is 6.31. The summed E-state index contributed by atoms with van der Waals surface area (Å²) in [4.78, 5) is 14.2. The maximum atomic E-state index is 12.3. The highest BCUT2D eigenvalue weighted by Gasteiger charge is 2.42. The number of urea groups is 1. The molecule has 1 aromatic carbocycles. The number of hydrogen-bond donors (Lipinski definition) is 1. The standard InChI is InChI=1S/C14H20N2OS/c1-11(2)14(3)16(9-10-18-14)13(17)15-12-7-5-4-6-8-12/h4-8,11H,9-10H2,1-3H3,(H,15,17). The van der Waals surface area contributed by atoms with E-state index in [9.17, 15) is 4.79 Å². The van der Waals surface area contributed by atoms with Crippen LogP contribution in [0.3, 0.4) is 0 Å². The lowest BCUT2D eigenvalue weighted by Crippen LogP contribution is -2.48. The van der Waals surface area contributed by atoms with Gasteiger partial charge in [-0.25, -0.2) is 4.79 Å². The zero-order valence-electron chi connectivity index (χ0n) is 11.1. The Morgan fingerprint density at radius 1 is 1.39 bits per heavy atom. The SMILES string of the molecule is CC(C)C1(C)SCCN1C(=O)Nc1ccccc1. The van der Waals surface area contributed by atoms with E-state index in [2.05, 4.69) is 26.1 Å². The number of para-hydroxylation sites is 1. The summed E-state index contributed by atoms with van der Waals surface area (Å²) in [6, 6.07) is 9.62. The van der Waals surface area contributed by atoms with Gasteiger partial charge in [-0.3, -0.25) is 0 Å². The second kappa shape index (κ2) is 5.22. The van der Waals surface area contributed by atoms with Crippen molar-refractivity contribution in [2.45, 2.75) is 25.6 Å². The molecule has 1 fully saturated rings. The minimum Gasteiger partial charge on any atom is -0.309 e. The van der Waals surface area contributed by atoms with Crippen molar-refractivity contribution in [2.24, 2.45) is 5.92 Å². The van der Waals surface area contributed by atoms with Crippen molar-refractivity contribution >= 4 is 23.5 Å². The van der Waals surface area contributed by atoms with Crippen LogP contribution in [0.25, 0.3) is 0 Å². The zero-order valence-corrected chi connectivity index (χ0v) is 12.0. The summed E-state index contributed by atoms with van der Waals surface area (Å²) in [5.74, 6) is 1.45. The maximum Gasteiger partial charge on any atom is 0.322 e. The highest BCUT2D eigenvalue weighted by atomic mass is 32.2. The Bertz CT molecular complexity index is 421. The first-order chi connectivity index (χ1) is 8.54. The summed E-state index contributed by atoms with van der Waals surface area (Å²) >= 11 is 1.86. The summed E-state index contributed by atoms with van der Waals surface area (Å²) in [5.41, 5.74) is 0.852. The van der Waals surface area contributed by atoms with Crippen LogP contribution >= 0.6 is 11.8 Å². The monoisotopic (exact) mass is 264 g/mol. The quantitative estimate of drug-likeness (QED) is 0.884. The number of benzene rings is 1. The van der Waals surface area contributed by atoms with Gasteiger partial charge in [0, 0.05) is 18.0 Å². The van der Waals surface area contributed by atoms with Gasteiger partial charge in [-0.15, -0.1) is 11.8 Å². The average Bonchev–Trinajstić information content (AvgIpc) is 2.74. The number of nitrogens with one attached hydrogen (secondary N) is 1. The molecule has 0 aromatic heterocycles. The van der Waals surface area contributed by atoms with Gasteiger partial charge < -0.3 is 10.2 Å². The molecule has 1 aliphatic heterocycles. The third-order valence-electron chi connectivity index (χ3n) is 3.59. The number of carbonyl (C=O) groups excluding carboxylic acids is 1. The van der Waals surface area contributed by atoms with Crippen molar-refractivity contribution in [3.8, 4) is 0 Å². The molecule has 1 N–H and O–H groups in total. The molecule has 2 amide bonds. The summed E-state index contributed by atoms with van der Waals surface area (Å²) in [7, 11) is 0. The topological polar surface area (TPSA) is 32.3 Å². The van der Waals surface area contributed by atoms with E-state index in [0.29, 0.717) is 5.92 Å². The van der Waals surface area contributed by atoms with Crippen LogP contribution in [0.2, 0.25) is 0 Å². The fraction of sp³-hybridized carbons (Fsp3) is 0.500. The number of nitrogens with zero attached hydrogens (tertiary/aromatic N) is 1. The number of thioether (sulfide) groups is 1. The molecule has 0 spiro atoms. The van der Waals surface area contributed by atoms with Crippen LogP contribution in [0.15, 0.2) is 30.3 Å². The fourth-order valence-corrected chi connectivity index (χ4v) is 3.49. The summed E-state index contributed by atoms with van der Waals surface area (Å²) in [6.07, 6.45) is 0. The number of anilines is 1. The molecule has 1 saturated heterocycles. The fourth-order valence-electron chi connectivity index (χ4n) is 2.14. The molecule has 1 atom stereocenters. The third-order valence-corrected chi connectivity index (χ3v) is 5.25. The predicted molar refractivity (Wildman–Crippen MR) is 77.9 cm³/mol. The van der Waals surface area contributed by atoms with E-state index in [1.165, 1.54) is 0 Å². The molecule has 18 heavy (non-hydrogen) atoms. The predicted octanol–water partition coefficient (Wildman–Crippen LogP) is 3.64. The van der Waals surface area contributed by atoms with Crippen molar-refractivity contribution in [3.05, 3.63) is 30.3 Å². The lowest BCUT2D eigenvalue weighted by molar-refractivity contribution is 0.172. The molecular weight excluding hydrogens is 244 g/mol. The van der Waals surface area contributed by atoms with Gasteiger partial charge in [0.2, 0.25) is 0 Å². The summed E-state index contributed by atoms with van der Waals surface area (Å²) < 4.78 is 0. The van der Waals surface area contributed by atoms with Gasteiger partial charge in [-0.1, -0.05) is 32.0 Å². The van der Waals surface area contributed by atoms with E-state index in [1.807, 2.05) is 47.0 Å². The van der Waals surface area contributed by atoms with Crippen LogP contribution in [-0.4, -0.2) is 28.1 Å². The van der Waals surface area contributed by atoms with Crippen molar-refractivity contribution in [2.75, 3.05) is 17.6 Å². The number of amides is 2. The molecule has 0 saturated carbocycles. The second-order valence-electron chi connectivity index (χ2n) is 5.01. The van der Waals surface area contributed by atoms with E-state index >= 15 is 0 Å². The summed E-state index contributed by atoms with van der Waals surface area (Å²) in [6.45, 7) is 7.31. The Kier molecular flexibility index (Phi) is 3.85. The van der Waals surface area contributed by atoms with Crippen LogP contribution < -0.4 is 5.32 Å². The Morgan fingerprint density at radius 3 is 2.67 bits per heavy atom. The summed E-state index contributed by atoms with van der Waals surface area (Å²) in [5, 5.41) is 2.97. The van der Waals surface area contributed by atoms with Crippen molar-refractivity contribution in [1.82, 2.24) is 4.90 Å². The lowest BCUT2D eigenvalue weighted by atomic mass is 10.0. The molecule has 0 bridgehead atoms. The highest BCUT2D eigenvalue weighted by Crippen LogP contribution is 2.41. The van der Waals surface area contributed by atoms with Crippen LogP contribution in [0, 0.1) is 5.92 Å². The lowest BCUT2D eigenvalue weighted by Gasteiger charge is -2.37. The first kappa shape index (κ1) is 13.3. The normalized spacial score (nSPS) is 23.4. The minimum absolute atomic E-state index is 0.00222. The van der Waals surface area contributed by atoms with E-state index < -0.39 is 0 Å². The Morgan fingerprint density at radius 2 is 2.06 bits per heavy atom. The van der Waals surface area contributed by atoms with Crippen LogP contribution in [0.1, 0.15) is 20.8 Å². The van der Waals surface area contributed by atoms with E-state index in [0.717, 1.165) is 18.0 Å². The van der Waals surface area contributed by atoms with Gasteiger partial charge in [0.1, 0.15) is 0 Å². The van der Waals surface area contributed by atoms with Crippen molar-refractivity contribution in [3.63, 3.8) is 0 Å². The molecule has 3 nitrogen and oxygen atoms in total. The molecule has 98 valence electrons. The average molecular weight is 264 g/mol. The van der Waals surface area contributed by atoms with Gasteiger partial charge in [0.05, 0.1) is 4.87 Å². The minimum atomic E-state index is -0.0983. The highest BCUT2D eigenvalue weighted by molar-refractivity contribution is 8.00. The van der Waals surface area contributed by atoms with Gasteiger partial charge in [-0.05, 0) is 25.0 Å². The van der Waals surface area contributed by atoms with E-state index in [4.69, 9.17) is 0 Å². The third kappa shape index (κ3) is 2.48. The molecule has 0 radical (unpaired) electrons. The van der Waals surface area contributed by atoms with Gasteiger partial charge in [0.25, 0.3) is 0 Å². The molecule has 2 rings (SSSR count). The first-order valence-corrected chi connectivity index (χ1v) is 7.30. The zero-order chi connectivity index (χ0) is 13.2. The van der Waals surface area contributed by atoms with E-state index in [-0.39, 0.29) is 10.9 Å². The molecule has 4 heteroatoms. The molecule has 1 aliphatic rings. The van der Waals surface area contributed by atoms with Crippen LogP contribution in [-0.2, 0) is 0 Å². The maximum absolute atomic E-state index is 12.3. The van der Waals surface area contributed by atoms with Crippen molar-refractivity contribution < 1.29 is 4.79 Å². The van der Waals surface area contributed by atoms with Crippen LogP contribution in [0.4, 0.5) is 10.5 Å². The Labute approximate surface area is 113 Å². The number of hydrogen-bond acceptors (Lipinski definition) is 2. The van der Waals surface area contributed by atoms with Crippen LogP contribution in [0.5, 0.6) is 0 Å². The molecule has 1 aromatic rings. The molecule has 1 unspecified atom stereocenters. The van der Waals surface area contributed by atoms with Gasteiger partial charge in [0.15, 0.2) is 0 Å². The largest absolute Gasteiger partial charge is 0.322 e. The van der Waals surface area contributed by atoms with Crippen molar-refractivity contribution in [1.29, 1.82) is 0 Å². The smallest absolute Gasteiger partial charge is 0.309 e. The van der Waals surface area contributed by atoms with Gasteiger partial charge in [-0.2, -0.15) is 0 Å². The molecule has 0 aliphatic carbocycles. The molecular formula is C14H20N2OS. The van der Waals surface area contributed by atoms with Gasteiger partial charge >= 0.3 is 6.03 Å². The number of carbonyl (C=O) groups is 1. The number of rotatable bonds is 2. The Hall–Kier alpha value is -1.16.